The molecule has 0 aliphatic heterocycles. The second kappa shape index (κ2) is 5.21. The van der Waals surface area contributed by atoms with E-state index in [-0.39, 0.29) is 16.0 Å². The molecule has 0 amide bonds. The van der Waals surface area contributed by atoms with Crippen LogP contribution in [0, 0.1) is 10.1 Å². The summed E-state index contributed by atoms with van der Waals surface area (Å²) >= 11 is 1.59. The number of nitrogens with zero attached hydrogens (tertiary/aromatic N) is 1. The highest BCUT2D eigenvalue weighted by Crippen LogP contribution is 2.39. The summed E-state index contributed by atoms with van der Waals surface area (Å²) in [5.41, 5.74) is 1.74. The predicted molar refractivity (Wildman–Crippen MR) is 92.6 cm³/mol. The van der Waals surface area contributed by atoms with Crippen LogP contribution in [0.5, 0.6) is 0 Å². The molecule has 22 heavy (non-hydrogen) atoms. The zero-order valence-electron chi connectivity index (χ0n) is 12.8. The summed E-state index contributed by atoms with van der Waals surface area (Å²) in [4.78, 5) is 12.2. The first-order chi connectivity index (χ1) is 10.4. The van der Waals surface area contributed by atoms with Crippen molar-refractivity contribution in [2.45, 2.75) is 26.2 Å². The molecule has 112 valence electrons. The second-order valence-electron chi connectivity index (χ2n) is 6.39. The number of hydrogen-bond donors (Lipinski definition) is 0. The summed E-state index contributed by atoms with van der Waals surface area (Å²) in [6.45, 7) is 6.18. The van der Waals surface area contributed by atoms with Crippen molar-refractivity contribution in [3.63, 3.8) is 0 Å². The zero-order valence-corrected chi connectivity index (χ0v) is 13.6. The van der Waals surface area contributed by atoms with E-state index in [1.165, 1.54) is 0 Å². The lowest BCUT2D eigenvalue weighted by molar-refractivity contribution is -0.384. The SMILES string of the molecule is CC(C)(C)c1ccc(-c2cc3ccccc3s2)c([N+](=O)[O-])c1. The number of hydrogen-bond acceptors (Lipinski definition) is 3. The van der Waals surface area contributed by atoms with Crippen LogP contribution in [0.25, 0.3) is 20.5 Å². The monoisotopic (exact) mass is 311 g/mol. The number of nitro benzene ring substituents is 1. The van der Waals surface area contributed by atoms with E-state index in [1.807, 2.05) is 42.5 Å². The van der Waals surface area contributed by atoms with Gasteiger partial charge in [0.05, 0.1) is 10.5 Å². The Balaban J connectivity index is 2.19. The fourth-order valence-corrected chi connectivity index (χ4v) is 3.57. The molecule has 1 aromatic heterocycles. The number of fused-ring (bicyclic) bond motifs is 1. The zero-order chi connectivity index (χ0) is 15.9. The Morgan fingerprint density at radius 3 is 2.41 bits per heavy atom. The van der Waals surface area contributed by atoms with Crippen LogP contribution >= 0.6 is 11.3 Å². The lowest BCUT2D eigenvalue weighted by Gasteiger charge is -2.19. The molecule has 4 heteroatoms. The molecule has 0 fully saturated rings. The number of thiophene rings is 1. The fourth-order valence-electron chi connectivity index (χ4n) is 2.47. The maximum Gasteiger partial charge on any atom is 0.278 e. The quantitative estimate of drug-likeness (QED) is 0.445. The molecule has 3 aromatic rings. The second-order valence-corrected chi connectivity index (χ2v) is 7.47. The Kier molecular flexibility index (Phi) is 3.49. The van der Waals surface area contributed by atoms with Crippen molar-refractivity contribution in [3.8, 4) is 10.4 Å². The summed E-state index contributed by atoms with van der Waals surface area (Å²) < 4.78 is 1.15. The molecule has 3 nitrogen and oxygen atoms in total. The van der Waals surface area contributed by atoms with E-state index in [0.29, 0.717) is 5.56 Å². The minimum Gasteiger partial charge on any atom is -0.258 e. The van der Waals surface area contributed by atoms with Crippen LogP contribution in [0.2, 0.25) is 0 Å². The Labute approximate surface area is 133 Å². The van der Waals surface area contributed by atoms with Crippen molar-refractivity contribution in [1.29, 1.82) is 0 Å². The smallest absolute Gasteiger partial charge is 0.258 e. The Bertz CT molecular complexity index is 826. The Morgan fingerprint density at radius 1 is 1.05 bits per heavy atom. The van der Waals surface area contributed by atoms with Crippen molar-refractivity contribution in [1.82, 2.24) is 0 Å². The minimum atomic E-state index is -0.283. The van der Waals surface area contributed by atoms with E-state index < -0.39 is 0 Å². The molecule has 0 aliphatic carbocycles. The first-order valence-electron chi connectivity index (χ1n) is 7.14. The average Bonchev–Trinajstić information content (AvgIpc) is 2.89. The van der Waals surface area contributed by atoms with Crippen LogP contribution in [0.4, 0.5) is 5.69 Å². The molecular weight excluding hydrogens is 294 g/mol. The lowest BCUT2D eigenvalue weighted by Crippen LogP contribution is -2.11. The standard InChI is InChI=1S/C18H17NO2S/c1-18(2,3)13-8-9-14(15(11-13)19(20)21)17-10-12-6-4-5-7-16(12)22-17/h4-11H,1-3H3. The summed E-state index contributed by atoms with van der Waals surface area (Å²) in [5, 5.41) is 12.6. The van der Waals surface area contributed by atoms with Crippen LogP contribution in [-0.2, 0) is 5.41 Å². The van der Waals surface area contributed by atoms with E-state index in [0.717, 1.165) is 20.5 Å². The molecule has 0 aliphatic rings. The van der Waals surface area contributed by atoms with Gasteiger partial charge in [0.1, 0.15) is 0 Å². The van der Waals surface area contributed by atoms with Crippen LogP contribution in [0.3, 0.4) is 0 Å². The van der Waals surface area contributed by atoms with E-state index in [1.54, 1.807) is 17.4 Å². The van der Waals surface area contributed by atoms with Gasteiger partial charge in [-0.15, -0.1) is 11.3 Å². The van der Waals surface area contributed by atoms with Gasteiger partial charge >= 0.3 is 0 Å². The van der Waals surface area contributed by atoms with Gasteiger partial charge in [0.2, 0.25) is 0 Å². The van der Waals surface area contributed by atoms with Crippen LogP contribution < -0.4 is 0 Å². The molecule has 0 N–H and O–H groups in total. The van der Waals surface area contributed by atoms with Gasteiger partial charge < -0.3 is 0 Å². The topological polar surface area (TPSA) is 43.1 Å². The third-order valence-corrected chi connectivity index (χ3v) is 4.90. The first kappa shape index (κ1) is 14.7. The summed E-state index contributed by atoms with van der Waals surface area (Å²) in [6.07, 6.45) is 0. The molecule has 0 saturated carbocycles. The maximum absolute atomic E-state index is 11.5. The van der Waals surface area contributed by atoms with Gasteiger partial charge in [0, 0.05) is 15.6 Å². The van der Waals surface area contributed by atoms with Crippen molar-refractivity contribution in [2.75, 3.05) is 0 Å². The molecule has 0 unspecified atom stereocenters. The minimum absolute atomic E-state index is 0.108. The van der Waals surface area contributed by atoms with Crippen LogP contribution in [-0.4, -0.2) is 4.92 Å². The molecule has 1 heterocycles. The normalized spacial score (nSPS) is 11.8. The Morgan fingerprint density at radius 2 is 1.77 bits per heavy atom. The van der Waals surface area contributed by atoms with Gasteiger partial charge in [-0.25, -0.2) is 0 Å². The maximum atomic E-state index is 11.5. The average molecular weight is 311 g/mol. The third-order valence-electron chi connectivity index (χ3n) is 3.75. The lowest BCUT2D eigenvalue weighted by atomic mass is 9.86. The largest absolute Gasteiger partial charge is 0.278 e. The molecule has 0 spiro atoms. The van der Waals surface area contributed by atoms with E-state index in [2.05, 4.69) is 20.8 Å². The van der Waals surface area contributed by atoms with Crippen molar-refractivity contribution >= 4 is 27.1 Å². The van der Waals surface area contributed by atoms with Crippen LogP contribution in [0.1, 0.15) is 26.3 Å². The number of rotatable bonds is 2. The van der Waals surface area contributed by atoms with E-state index in [9.17, 15) is 10.1 Å². The number of benzene rings is 2. The molecule has 0 saturated heterocycles. The molecule has 0 atom stereocenters. The highest BCUT2D eigenvalue weighted by molar-refractivity contribution is 7.22. The first-order valence-corrected chi connectivity index (χ1v) is 7.96. The molecule has 0 radical (unpaired) electrons. The third kappa shape index (κ3) is 2.62. The van der Waals surface area contributed by atoms with Gasteiger partial charge in [-0.05, 0) is 34.6 Å². The highest BCUT2D eigenvalue weighted by atomic mass is 32.1. The van der Waals surface area contributed by atoms with Gasteiger partial charge in [-0.1, -0.05) is 45.0 Å². The molecule has 2 aromatic carbocycles. The van der Waals surface area contributed by atoms with Crippen molar-refractivity contribution in [2.24, 2.45) is 0 Å². The van der Waals surface area contributed by atoms with E-state index >= 15 is 0 Å². The van der Waals surface area contributed by atoms with Gasteiger partial charge in [-0.2, -0.15) is 0 Å². The van der Waals surface area contributed by atoms with Crippen LogP contribution in [0.15, 0.2) is 48.5 Å². The molecule has 0 bridgehead atoms. The Hall–Kier alpha value is -2.20. The molecule has 3 rings (SSSR count). The van der Waals surface area contributed by atoms with Gasteiger partial charge in [0.25, 0.3) is 5.69 Å². The van der Waals surface area contributed by atoms with Crippen molar-refractivity contribution < 1.29 is 4.92 Å². The number of nitro groups is 1. The highest BCUT2D eigenvalue weighted by Gasteiger charge is 2.22. The summed E-state index contributed by atoms with van der Waals surface area (Å²) in [6, 6.07) is 15.6. The summed E-state index contributed by atoms with van der Waals surface area (Å²) in [7, 11) is 0. The van der Waals surface area contributed by atoms with Gasteiger partial charge in [0.15, 0.2) is 0 Å². The molecular formula is C18H17NO2S. The fraction of sp³-hybridized carbons (Fsp3) is 0.222. The van der Waals surface area contributed by atoms with E-state index in [4.69, 9.17) is 0 Å². The van der Waals surface area contributed by atoms with Crippen molar-refractivity contribution in [3.05, 3.63) is 64.2 Å². The summed E-state index contributed by atoms with van der Waals surface area (Å²) in [5.74, 6) is 0. The predicted octanol–water partition coefficient (Wildman–Crippen LogP) is 5.77. The van der Waals surface area contributed by atoms with Gasteiger partial charge in [-0.3, -0.25) is 10.1 Å².